The molecule has 0 radical (unpaired) electrons. The Bertz CT molecular complexity index is 1190. The average molecular weight is 479 g/mol. The fourth-order valence-corrected chi connectivity index (χ4v) is 3.76. The Labute approximate surface area is 202 Å². The number of ether oxygens (including phenoxy) is 2. The number of hydrogen-bond donors (Lipinski definition) is 1. The molecule has 34 heavy (non-hydrogen) atoms. The number of nitrogens with zero attached hydrogens (tertiary/aromatic N) is 1. The van der Waals surface area contributed by atoms with Gasteiger partial charge in [0.15, 0.2) is 6.61 Å². The van der Waals surface area contributed by atoms with Crippen molar-refractivity contribution in [3.05, 3.63) is 83.4 Å². The number of benzene rings is 3. The number of rotatable bonds is 7. The van der Waals surface area contributed by atoms with E-state index in [-0.39, 0.29) is 18.9 Å². The van der Waals surface area contributed by atoms with Gasteiger partial charge in [-0.2, -0.15) is 0 Å². The molecular formula is C26H23ClN2O5. The molecular weight excluding hydrogens is 456 g/mol. The number of amides is 2. The van der Waals surface area contributed by atoms with Crippen molar-refractivity contribution in [1.29, 1.82) is 0 Å². The van der Waals surface area contributed by atoms with Gasteiger partial charge in [0, 0.05) is 29.4 Å². The Morgan fingerprint density at radius 3 is 2.38 bits per heavy atom. The van der Waals surface area contributed by atoms with Crippen molar-refractivity contribution < 1.29 is 23.9 Å². The summed E-state index contributed by atoms with van der Waals surface area (Å²) in [5.74, 6) is -0.538. The van der Waals surface area contributed by atoms with Crippen LogP contribution in [0.5, 0.6) is 11.5 Å². The lowest BCUT2D eigenvalue weighted by atomic mass is 10.1. The molecule has 1 fully saturated rings. The summed E-state index contributed by atoms with van der Waals surface area (Å²) in [6.45, 7) is 1.75. The highest BCUT2D eigenvalue weighted by Gasteiger charge is 2.36. The molecule has 3 aromatic rings. The summed E-state index contributed by atoms with van der Waals surface area (Å²) in [4.78, 5) is 38.5. The van der Waals surface area contributed by atoms with Crippen LogP contribution in [0.2, 0.25) is 5.02 Å². The van der Waals surface area contributed by atoms with Gasteiger partial charge < -0.3 is 19.7 Å². The molecule has 7 nitrogen and oxygen atoms in total. The molecule has 1 aliphatic rings. The van der Waals surface area contributed by atoms with Crippen LogP contribution < -0.4 is 15.0 Å². The van der Waals surface area contributed by atoms with Crippen LogP contribution in [0.15, 0.2) is 72.8 Å². The Morgan fingerprint density at radius 2 is 1.71 bits per heavy atom. The summed E-state index contributed by atoms with van der Waals surface area (Å²) in [7, 11) is 0. The smallest absolute Gasteiger partial charge is 0.311 e. The third-order valence-electron chi connectivity index (χ3n) is 5.32. The summed E-state index contributed by atoms with van der Waals surface area (Å²) >= 11 is 5.89. The first kappa shape index (κ1) is 23.3. The van der Waals surface area contributed by atoms with E-state index in [2.05, 4.69) is 5.32 Å². The van der Waals surface area contributed by atoms with Gasteiger partial charge in [0.2, 0.25) is 5.91 Å². The molecule has 0 aromatic heterocycles. The van der Waals surface area contributed by atoms with Gasteiger partial charge in [-0.15, -0.1) is 0 Å². The molecule has 1 atom stereocenters. The lowest BCUT2D eigenvalue weighted by molar-refractivity contribution is -0.151. The fraction of sp³-hybridized carbons (Fsp3) is 0.192. The standard InChI is InChI=1S/C26H23ClN2O5/c1-17-5-9-22(10-6-17)34-23-11-7-21(8-12-23)29-15-18(13-25(29)31)26(32)33-16-24(30)28-20-4-2-3-19(27)14-20/h2-12,14,18H,13,15-16H2,1H3,(H,28,30)/t18-/m0/s1. The first-order chi connectivity index (χ1) is 16.4. The summed E-state index contributed by atoms with van der Waals surface area (Å²) in [5.41, 5.74) is 2.31. The number of hydrogen-bond acceptors (Lipinski definition) is 5. The molecule has 1 N–H and O–H groups in total. The zero-order valence-electron chi connectivity index (χ0n) is 18.5. The van der Waals surface area contributed by atoms with E-state index in [9.17, 15) is 14.4 Å². The van der Waals surface area contributed by atoms with Crippen molar-refractivity contribution in [3.63, 3.8) is 0 Å². The quantitative estimate of drug-likeness (QED) is 0.484. The maximum atomic E-state index is 12.5. The van der Waals surface area contributed by atoms with Gasteiger partial charge in [-0.05, 0) is 61.5 Å². The Morgan fingerprint density at radius 1 is 1.03 bits per heavy atom. The molecule has 4 rings (SSSR count). The van der Waals surface area contributed by atoms with Gasteiger partial charge in [-0.25, -0.2) is 0 Å². The zero-order chi connectivity index (χ0) is 24.1. The monoisotopic (exact) mass is 478 g/mol. The molecule has 3 aromatic carbocycles. The van der Waals surface area contributed by atoms with Crippen LogP contribution in [0.3, 0.4) is 0 Å². The number of carbonyl (C=O) groups is 3. The van der Waals surface area contributed by atoms with Gasteiger partial charge in [0.25, 0.3) is 5.91 Å². The first-order valence-corrected chi connectivity index (χ1v) is 11.1. The van der Waals surface area contributed by atoms with Crippen LogP contribution >= 0.6 is 11.6 Å². The molecule has 0 unspecified atom stereocenters. The number of anilines is 2. The maximum absolute atomic E-state index is 12.5. The maximum Gasteiger partial charge on any atom is 0.311 e. The number of nitrogens with one attached hydrogen (secondary N) is 1. The van der Waals surface area contributed by atoms with Crippen molar-refractivity contribution in [1.82, 2.24) is 0 Å². The molecule has 1 heterocycles. The molecule has 1 aliphatic heterocycles. The minimum Gasteiger partial charge on any atom is -0.457 e. The van der Waals surface area contributed by atoms with Crippen LogP contribution in [-0.2, 0) is 19.1 Å². The highest BCUT2D eigenvalue weighted by Crippen LogP contribution is 2.29. The van der Waals surface area contributed by atoms with Crippen molar-refractivity contribution in [2.24, 2.45) is 5.92 Å². The van der Waals surface area contributed by atoms with Crippen molar-refractivity contribution in [2.75, 3.05) is 23.4 Å². The van der Waals surface area contributed by atoms with Crippen LogP contribution in [-0.4, -0.2) is 30.9 Å². The highest BCUT2D eigenvalue weighted by atomic mass is 35.5. The summed E-state index contributed by atoms with van der Waals surface area (Å²) < 4.78 is 11.0. The summed E-state index contributed by atoms with van der Waals surface area (Å²) in [6.07, 6.45) is 0.0242. The Hall–Kier alpha value is -3.84. The van der Waals surface area contributed by atoms with E-state index < -0.39 is 24.4 Å². The second-order valence-electron chi connectivity index (χ2n) is 7.98. The second kappa shape index (κ2) is 10.4. The van der Waals surface area contributed by atoms with Crippen molar-refractivity contribution >= 4 is 40.8 Å². The van der Waals surface area contributed by atoms with E-state index in [1.807, 2.05) is 31.2 Å². The van der Waals surface area contributed by atoms with Gasteiger partial charge in [0.05, 0.1) is 5.92 Å². The van der Waals surface area contributed by atoms with Crippen LogP contribution in [0.1, 0.15) is 12.0 Å². The minimum atomic E-state index is -0.644. The molecule has 2 amide bonds. The van der Waals surface area contributed by atoms with Gasteiger partial charge in [0.1, 0.15) is 11.5 Å². The molecule has 0 saturated carbocycles. The normalized spacial score (nSPS) is 15.2. The first-order valence-electron chi connectivity index (χ1n) is 10.7. The van der Waals surface area contributed by atoms with E-state index in [4.69, 9.17) is 21.1 Å². The molecule has 174 valence electrons. The number of halogens is 1. The predicted octanol–water partition coefficient (Wildman–Crippen LogP) is 4.98. The van der Waals surface area contributed by atoms with Crippen molar-refractivity contribution in [2.45, 2.75) is 13.3 Å². The van der Waals surface area contributed by atoms with E-state index >= 15 is 0 Å². The topological polar surface area (TPSA) is 84.9 Å². The van der Waals surface area contributed by atoms with E-state index in [1.54, 1.807) is 48.5 Å². The summed E-state index contributed by atoms with van der Waals surface area (Å²) in [6, 6.07) is 21.4. The van der Waals surface area contributed by atoms with Gasteiger partial charge in [-0.1, -0.05) is 35.4 Å². The lowest BCUT2D eigenvalue weighted by Crippen LogP contribution is -2.28. The summed E-state index contributed by atoms with van der Waals surface area (Å²) in [5, 5.41) is 3.09. The molecule has 0 spiro atoms. The van der Waals surface area contributed by atoms with Crippen LogP contribution in [0, 0.1) is 12.8 Å². The third kappa shape index (κ3) is 5.94. The second-order valence-corrected chi connectivity index (χ2v) is 8.42. The number of esters is 1. The van der Waals surface area contributed by atoms with E-state index in [1.165, 1.54) is 4.90 Å². The van der Waals surface area contributed by atoms with Crippen LogP contribution in [0.25, 0.3) is 0 Å². The van der Waals surface area contributed by atoms with E-state index in [0.29, 0.717) is 22.1 Å². The zero-order valence-corrected chi connectivity index (χ0v) is 19.2. The largest absolute Gasteiger partial charge is 0.457 e. The van der Waals surface area contributed by atoms with Gasteiger partial charge in [-0.3, -0.25) is 14.4 Å². The Balaban J connectivity index is 1.29. The molecule has 0 aliphatic carbocycles. The minimum absolute atomic E-state index is 0.0242. The van der Waals surface area contributed by atoms with Crippen molar-refractivity contribution in [3.8, 4) is 11.5 Å². The number of carbonyl (C=O) groups excluding carboxylic acids is 3. The molecule has 8 heteroatoms. The lowest BCUT2D eigenvalue weighted by Gasteiger charge is -2.17. The predicted molar refractivity (Wildman–Crippen MR) is 129 cm³/mol. The fourth-order valence-electron chi connectivity index (χ4n) is 3.57. The average Bonchev–Trinajstić information content (AvgIpc) is 3.21. The number of aryl methyl sites for hydroxylation is 1. The highest BCUT2D eigenvalue weighted by molar-refractivity contribution is 6.30. The van der Waals surface area contributed by atoms with Gasteiger partial charge >= 0.3 is 5.97 Å². The third-order valence-corrected chi connectivity index (χ3v) is 5.55. The molecule has 1 saturated heterocycles. The van der Waals surface area contributed by atoms with E-state index in [0.717, 1.165) is 11.3 Å². The van der Waals surface area contributed by atoms with Crippen LogP contribution in [0.4, 0.5) is 11.4 Å². The SMILES string of the molecule is Cc1ccc(Oc2ccc(N3C[C@@H](C(=O)OCC(=O)Nc4cccc(Cl)c4)CC3=O)cc2)cc1. The Kier molecular flexibility index (Phi) is 7.13. The molecule has 0 bridgehead atoms.